The lowest BCUT2D eigenvalue weighted by Gasteiger charge is -2.21. The smallest absolute Gasteiger partial charge is 0.0800 e. The van der Waals surface area contributed by atoms with Crippen LogP contribution in [0.3, 0.4) is 0 Å². The first-order valence-corrected chi connectivity index (χ1v) is 3.94. The lowest BCUT2D eigenvalue weighted by atomic mass is 9.97. The van der Waals surface area contributed by atoms with Crippen LogP contribution in [-0.4, -0.2) is 5.71 Å². The summed E-state index contributed by atoms with van der Waals surface area (Å²) < 4.78 is 0. The molecule has 11 heavy (non-hydrogen) atoms. The molecule has 1 aliphatic heterocycles. The van der Waals surface area contributed by atoms with Crippen molar-refractivity contribution in [3.8, 4) is 0 Å². The molecule has 0 bridgehead atoms. The molecule has 2 rings (SSSR count). The molecule has 1 aromatic rings. The molecule has 56 valence electrons. The zero-order chi connectivity index (χ0) is 7.68. The SMILES string of the molecule is CC1=NC(c2ccccc2)C1. The molecule has 0 fully saturated rings. The summed E-state index contributed by atoms with van der Waals surface area (Å²) in [6.45, 7) is 2.08. The molecule has 0 spiro atoms. The topological polar surface area (TPSA) is 12.4 Å². The van der Waals surface area contributed by atoms with Crippen molar-refractivity contribution in [1.82, 2.24) is 0 Å². The van der Waals surface area contributed by atoms with E-state index < -0.39 is 0 Å². The summed E-state index contributed by atoms with van der Waals surface area (Å²) >= 11 is 0. The third-order valence-electron chi connectivity index (χ3n) is 2.05. The van der Waals surface area contributed by atoms with Crippen molar-refractivity contribution in [2.24, 2.45) is 4.99 Å². The van der Waals surface area contributed by atoms with E-state index >= 15 is 0 Å². The summed E-state index contributed by atoms with van der Waals surface area (Å²) in [5.74, 6) is 0. The Bertz CT molecular complexity index is 274. The molecule has 0 amide bonds. The molecular weight excluding hydrogens is 134 g/mol. The third-order valence-corrected chi connectivity index (χ3v) is 2.05. The van der Waals surface area contributed by atoms with Gasteiger partial charge >= 0.3 is 0 Å². The first-order chi connectivity index (χ1) is 5.36. The summed E-state index contributed by atoms with van der Waals surface area (Å²) in [6, 6.07) is 10.9. The monoisotopic (exact) mass is 145 g/mol. The minimum Gasteiger partial charge on any atom is -0.286 e. The van der Waals surface area contributed by atoms with E-state index in [2.05, 4.69) is 36.2 Å². The van der Waals surface area contributed by atoms with Gasteiger partial charge in [-0.3, -0.25) is 4.99 Å². The predicted molar refractivity (Wildman–Crippen MR) is 46.9 cm³/mol. The second-order valence-corrected chi connectivity index (χ2v) is 2.99. The Morgan fingerprint density at radius 2 is 1.91 bits per heavy atom. The molecule has 1 aliphatic rings. The number of benzene rings is 1. The molecule has 1 heterocycles. The van der Waals surface area contributed by atoms with E-state index in [0.717, 1.165) is 6.42 Å². The Labute approximate surface area is 66.8 Å². The van der Waals surface area contributed by atoms with Gasteiger partial charge in [-0.05, 0) is 12.5 Å². The molecule has 1 unspecified atom stereocenters. The van der Waals surface area contributed by atoms with Crippen LogP contribution in [0.2, 0.25) is 0 Å². The van der Waals surface area contributed by atoms with Crippen LogP contribution in [0.15, 0.2) is 35.3 Å². The molecule has 1 nitrogen and oxygen atoms in total. The fourth-order valence-electron chi connectivity index (χ4n) is 1.40. The van der Waals surface area contributed by atoms with Crippen LogP contribution in [-0.2, 0) is 0 Å². The van der Waals surface area contributed by atoms with E-state index in [-0.39, 0.29) is 0 Å². The zero-order valence-corrected chi connectivity index (χ0v) is 6.62. The van der Waals surface area contributed by atoms with Crippen molar-refractivity contribution in [3.05, 3.63) is 35.9 Å². The van der Waals surface area contributed by atoms with Gasteiger partial charge in [0.05, 0.1) is 6.04 Å². The van der Waals surface area contributed by atoms with E-state index in [1.807, 2.05) is 6.07 Å². The van der Waals surface area contributed by atoms with Crippen molar-refractivity contribution in [2.45, 2.75) is 19.4 Å². The molecule has 1 atom stereocenters. The number of hydrogen-bond donors (Lipinski definition) is 0. The normalized spacial score (nSPS) is 22.3. The Kier molecular flexibility index (Phi) is 1.50. The van der Waals surface area contributed by atoms with E-state index in [9.17, 15) is 0 Å². The van der Waals surface area contributed by atoms with Gasteiger partial charge in [-0.1, -0.05) is 30.3 Å². The van der Waals surface area contributed by atoms with Crippen molar-refractivity contribution < 1.29 is 0 Å². The van der Waals surface area contributed by atoms with Gasteiger partial charge in [0, 0.05) is 12.1 Å². The maximum Gasteiger partial charge on any atom is 0.0800 e. The third kappa shape index (κ3) is 1.18. The maximum absolute atomic E-state index is 4.41. The second kappa shape index (κ2) is 2.50. The van der Waals surface area contributed by atoms with Crippen LogP contribution in [0.1, 0.15) is 24.9 Å². The van der Waals surface area contributed by atoms with Crippen LogP contribution in [0.25, 0.3) is 0 Å². The van der Waals surface area contributed by atoms with E-state index in [1.54, 1.807) is 0 Å². The minimum atomic E-state index is 0.455. The molecule has 0 aliphatic carbocycles. The van der Waals surface area contributed by atoms with Gasteiger partial charge in [0.2, 0.25) is 0 Å². The van der Waals surface area contributed by atoms with Crippen LogP contribution in [0, 0.1) is 0 Å². The highest BCUT2D eigenvalue weighted by Gasteiger charge is 2.18. The van der Waals surface area contributed by atoms with Crippen molar-refractivity contribution in [1.29, 1.82) is 0 Å². The van der Waals surface area contributed by atoms with Gasteiger partial charge < -0.3 is 0 Å². The highest BCUT2D eigenvalue weighted by molar-refractivity contribution is 5.87. The first-order valence-electron chi connectivity index (χ1n) is 3.94. The van der Waals surface area contributed by atoms with Crippen LogP contribution < -0.4 is 0 Å². The van der Waals surface area contributed by atoms with Crippen molar-refractivity contribution >= 4 is 5.71 Å². The minimum absolute atomic E-state index is 0.455. The van der Waals surface area contributed by atoms with E-state index in [0.29, 0.717) is 6.04 Å². The van der Waals surface area contributed by atoms with E-state index in [4.69, 9.17) is 0 Å². The molecule has 0 saturated heterocycles. The summed E-state index contributed by atoms with van der Waals surface area (Å²) in [4.78, 5) is 4.41. The Morgan fingerprint density at radius 1 is 1.27 bits per heavy atom. The van der Waals surface area contributed by atoms with Gasteiger partial charge in [0.1, 0.15) is 0 Å². The number of aliphatic imine (C=N–C) groups is 1. The molecule has 1 heteroatoms. The Balaban J connectivity index is 2.20. The number of nitrogens with zero attached hydrogens (tertiary/aromatic N) is 1. The van der Waals surface area contributed by atoms with Gasteiger partial charge in [-0.25, -0.2) is 0 Å². The molecule has 0 radical (unpaired) electrons. The summed E-state index contributed by atoms with van der Waals surface area (Å²) in [5.41, 5.74) is 2.62. The van der Waals surface area contributed by atoms with Gasteiger partial charge in [0.25, 0.3) is 0 Å². The Hall–Kier alpha value is -1.11. The summed E-state index contributed by atoms with van der Waals surface area (Å²) in [6.07, 6.45) is 1.14. The fourth-order valence-corrected chi connectivity index (χ4v) is 1.40. The van der Waals surface area contributed by atoms with Crippen molar-refractivity contribution in [2.75, 3.05) is 0 Å². The quantitative estimate of drug-likeness (QED) is 0.576. The lowest BCUT2D eigenvalue weighted by Crippen LogP contribution is -2.13. The summed E-state index contributed by atoms with van der Waals surface area (Å²) in [7, 11) is 0. The second-order valence-electron chi connectivity index (χ2n) is 2.99. The molecule has 0 saturated carbocycles. The average Bonchev–Trinajstić information content (AvgIpc) is 2.01. The van der Waals surface area contributed by atoms with Crippen LogP contribution in [0.5, 0.6) is 0 Å². The van der Waals surface area contributed by atoms with Crippen LogP contribution >= 0.6 is 0 Å². The van der Waals surface area contributed by atoms with Crippen molar-refractivity contribution in [3.63, 3.8) is 0 Å². The molecular formula is C10H11N. The molecule has 0 aromatic heterocycles. The first kappa shape index (κ1) is 6.59. The fraction of sp³-hybridized carbons (Fsp3) is 0.300. The molecule has 0 N–H and O–H groups in total. The highest BCUT2D eigenvalue weighted by atomic mass is 14.9. The number of hydrogen-bond acceptors (Lipinski definition) is 1. The van der Waals surface area contributed by atoms with Gasteiger partial charge in [0.15, 0.2) is 0 Å². The molecule has 1 aromatic carbocycles. The van der Waals surface area contributed by atoms with Gasteiger partial charge in [-0.2, -0.15) is 0 Å². The highest BCUT2D eigenvalue weighted by Crippen LogP contribution is 2.28. The van der Waals surface area contributed by atoms with E-state index in [1.165, 1.54) is 11.3 Å². The maximum atomic E-state index is 4.41. The standard InChI is InChI=1S/C10H11N/c1-8-7-10(11-8)9-5-3-2-4-6-9/h2-6,10H,7H2,1H3. The van der Waals surface area contributed by atoms with Crippen LogP contribution in [0.4, 0.5) is 0 Å². The summed E-state index contributed by atoms with van der Waals surface area (Å²) in [5, 5.41) is 0. The Morgan fingerprint density at radius 3 is 2.45 bits per heavy atom. The van der Waals surface area contributed by atoms with Gasteiger partial charge in [-0.15, -0.1) is 0 Å². The number of rotatable bonds is 1. The largest absolute Gasteiger partial charge is 0.286 e. The lowest BCUT2D eigenvalue weighted by molar-refractivity contribution is 0.694. The zero-order valence-electron chi connectivity index (χ0n) is 6.62. The average molecular weight is 145 g/mol. The predicted octanol–water partition coefficient (Wildman–Crippen LogP) is 2.59.